The Hall–Kier alpha value is -3.51. The highest BCUT2D eigenvalue weighted by molar-refractivity contribution is 5.93. The molecule has 1 aliphatic rings. The molecule has 1 saturated heterocycles. The van der Waals surface area contributed by atoms with Gasteiger partial charge in [0, 0.05) is 17.7 Å². The van der Waals surface area contributed by atoms with Gasteiger partial charge in [0.05, 0.1) is 31.0 Å². The molecule has 0 radical (unpaired) electrons. The molecule has 2 heterocycles. The maximum atomic E-state index is 12.7. The number of amides is 2. The molecule has 30 heavy (non-hydrogen) atoms. The van der Waals surface area contributed by atoms with Crippen LogP contribution in [0.1, 0.15) is 27.7 Å². The molecule has 2 amide bonds. The van der Waals surface area contributed by atoms with E-state index in [1.807, 2.05) is 65.6 Å². The monoisotopic (exact) mass is 401 g/mol. The lowest BCUT2D eigenvalue weighted by Gasteiger charge is -2.33. The van der Waals surface area contributed by atoms with Crippen LogP contribution in [0, 0.1) is 0 Å². The average molecular weight is 401 g/mol. The summed E-state index contributed by atoms with van der Waals surface area (Å²) in [4.78, 5) is 30.6. The summed E-state index contributed by atoms with van der Waals surface area (Å²) in [5, 5.41) is 0. The van der Waals surface area contributed by atoms with Crippen LogP contribution in [0.4, 0.5) is 0 Å². The Morgan fingerprint density at radius 2 is 1.77 bits per heavy atom. The fraction of sp³-hybridized carbons (Fsp3) is 0.208. The third-order valence-electron chi connectivity index (χ3n) is 5.18. The molecule has 0 spiro atoms. The topological polar surface area (TPSA) is 85.5 Å². The van der Waals surface area contributed by atoms with E-state index in [-0.39, 0.29) is 12.0 Å². The molecule has 152 valence electrons. The Morgan fingerprint density at radius 1 is 1.00 bits per heavy atom. The zero-order valence-electron chi connectivity index (χ0n) is 16.5. The predicted molar refractivity (Wildman–Crippen MR) is 114 cm³/mol. The van der Waals surface area contributed by atoms with Crippen LogP contribution < -0.4 is 5.73 Å². The first-order chi connectivity index (χ1) is 14.6. The third kappa shape index (κ3) is 4.55. The van der Waals surface area contributed by atoms with Crippen LogP contribution in [0.25, 0.3) is 11.3 Å². The molecule has 0 unspecified atom stereocenters. The summed E-state index contributed by atoms with van der Waals surface area (Å²) in [5.41, 5.74) is 9.21. The fourth-order valence-corrected chi connectivity index (χ4v) is 3.53. The molecule has 0 saturated carbocycles. The molecule has 2 aromatic carbocycles. The van der Waals surface area contributed by atoms with Gasteiger partial charge in [-0.1, -0.05) is 48.5 Å². The number of carbonyl (C=O) groups excluding carboxylic acids is 2. The largest absolute Gasteiger partial charge is 0.368 e. The highest BCUT2D eigenvalue weighted by atomic mass is 16.5. The van der Waals surface area contributed by atoms with Crippen LogP contribution in [0.3, 0.4) is 0 Å². The van der Waals surface area contributed by atoms with Crippen LogP contribution in [0.2, 0.25) is 0 Å². The highest BCUT2D eigenvalue weighted by Crippen LogP contribution is 2.25. The molecule has 1 aliphatic heterocycles. The second kappa shape index (κ2) is 8.88. The molecule has 2 N–H and O–H groups in total. The van der Waals surface area contributed by atoms with Gasteiger partial charge < -0.3 is 15.4 Å². The van der Waals surface area contributed by atoms with Crippen LogP contribution in [-0.2, 0) is 16.0 Å². The summed E-state index contributed by atoms with van der Waals surface area (Å²) >= 11 is 0. The van der Waals surface area contributed by atoms with Crippen molar-refractivity contribution in [2.45, 2.75) is 12.5 Å². The maximum absolute atomic E-state index is 12.7. The number of hydrogen-bond acceptors (Lipinski definition) is 4. The summed E-state index contributed by atoms with van der Waals surface area (Å²) in [5.74, 6) is -0.369. The Bertz CT molecular complexity index is 1040. The van der Waals surface area contributed by atoms with E-state index in [0.717, 1.165) is 22.5 Å². The molecule has 1 atom stereocenters. The van der Waals surface area contributed by atoms with E-state index >= 15 is 0 Å². The van der Waals surface area contributed by atoms with Crippen LogP contribution in [0.5, 0.6) is 0 Å². The molecule has 1 aromatic heterocycles. The first-order valence-electron chi connectivity index (χ1n) is 9.90. The minimum absolute atomic E-state index is 0.0905. The Kier molecular flexibility index (Phi) is 5.86. The predicted octanol–water partition coefficient (Wildman–Crippen LogP) is 2.99. The first kappa shape index (κ1) is 19.8. The summed E-state index contributed by atoms with van der Waals surface area (Å²) in [6.07, 6.45) is 0.107. The summed E-state index contributed by atoms with van der Waals surface area (Å²) < 4.78 is 5.92. The van der Waals surface area contributed by atoms with E-state index in [4.69, 9.17) is 15.5 Å². The van der Waals surface area contributed by atoms with Gasteiger partial charge in [-0.05, 0) is 29.8 Å². The first-order valence-corrected chi connectivity index (χ1v) is 9.90. The highest BCUT2D eigenvalue weighted by Gasteiger charge is 2.26. The lowest BCUT2D eigenvalue weighted by molar-refractivity contribution is -0.138. The van der Waals surface area contributed by atoms with Gasteiger partial charge in [-0.15, -0.1) is 0 Å². The number of carbonyl (C=O) groups is 2. The molecular formula is C24H23N3O3. The Balaban J connectivity index is 1.47. The third-order valence-corrected chi connectivity index (χ3v) is 5.18. The lowest BCUT2D eigenvalue weighted by Crippen LogP contribution is -2.43. The van der Waals surface area contributed by atoms with E-state index in [9.17, 15) is 9.59 Å². The Labute approximate surface area is 175 Å². The van der Waals surface area contributed by atoms with E-state index < -0.39 is 5.91 Å². The molecule has 0 bridgehead atoms. The van der Waals surface area contributed by atoms with Crippen molar-refractivity contribution >= 4 is 11.8 Å². The minimum atomic E-state index is -0.459. The fourth-order valence-electron chi connectivity index (χ4n) is 3.53. The van der Waals surface area contributed by atoms with Crippen molar-refractivity contribution in [2.75, 3.05) is 19.7 Å². The molecule has 6 heteroatoms. The lowest BCUT2D eigenvalue weighted by atomic mass is 10.1. The molecule has 6 nitrogen and oxygen atoms in total. The van der Waals surface area contributed by atoms with E-state index in [0.29, 0.717) is 31.7 Å². The number of aromatic nitrogens is 1. The van der Waals surface area contributed by atoms with Crippen LogP contribution >= 0.6 is 0 Å². The smallest absolute Gasteiger partial charge is 0.248 e. The number of ether oxygens (including phenoxy) is 1. The maximum Gasteiger partial charge on any atom is 0.248 e. The molecule has 3 aromatic rings. The van der Waals surface area contributed by atoms with E-state index in [2.05, 4.69) is 0 Å². The van der Waals surface area contributed by atoms with Crippen LogP contribution in [-0.4, -0.2) is 41.4 Å². The number of pyridine rings is 1. The zero-order valence-corrected chi connectivity index (χ0v) is 16.5. The van der Waals surface area contributed by atoms with Gasteiger partial charge in [0.15, 0.2) is 0 Å². The van der Waals surface area contributed by atoms with Crippen molar-refractivity contribution in [3.8, 4) is 11.3 Å². The van der Waals surface area contributed by atoms with Gasteiger partial charge in [0.1, 0.15) is 6.10 Å². The quantitative estimate of drug-likeness (QED) is 0.712. The van der Waals surface area contributed by atoms with Crippen molar-refractivity contribution in [3.63, 3.8) is 0 Å². The Morgan fingerprint density at radius 3 is 2.50 bits per heavy atom. The van der Waals surface area contributed by atoms with Crippen molar-refractivity contribution in [3.05, 3.63) is 89.6 Å². The summed E-state index contributed by atoms with van der Waals surface area (Å²) in [7, 11) is 0. The minimum Gasteiger partial charge on any atom is -0.368 e. The summed E-state index contributed by atoms with van der Waals surface area (Å²) in [6.45, 7) is 1.53. The van der Waals surface area contributed by atoms with E-state index in [1.165, 1.54) is 0 Å². The van der Waals surface area contributed by atoms with Gasteiger partial charge >= 0.3 is 0 Å². The summed E-state index contributed by atoms with van der Waals surface area (Å²) in [6, 6.07) is 22.5. The second-order valence-corrected chi connectivity index (χ2v) is 7.25. The molecule has 1 fully saturated rings. The number of nitrogens with zero attached hydrogens (tertiary/aromatic N) is 2. The van der Waals surface area contributed by atoms with E-state index in [1.54, 1.807) is 12.1 Å². The number of benzene rings is 2. The number of morpholine rings is 1. The molecular weight excluding hydrogens is 378 g/mol. The average Bonchev–Trinajstić information content (AvgIpc) is 2.80. The van der Waals surface area contributed by atoms with Gasteiger partial charge in [-0.25, -0.2) is 4.98 Å². The van der Waals surface area contributed by atoms with Crippen LogP contribution in [0.15, 0.2) is 72.8 Å². The molecule has 4 rings (SSSR count). The van der Waals surface area contributed by atoms with Gasteiger partial charge in [0.25, 0.3) is 0 Å². The van der Waals surface area contributed by atoms with Gasteiger partial charge in [-0.3, -0.25) is 9.59 Å². The standard InChI is InChI=1S/C24H23N3O3/c25-24(29)19-11-9-18(10-12-19)20-7-4-8-21(26-20)22-16-27(13-14-30-22)23(28)15-17-5-2-1-3-6-17/h1-12,22H,13-16H2,(H2,25,29)/t22-/m1/s1. The van der Waals surface area contributed by atoms with Crippen molar-refractivity contribution < 1.29 is 14.3 Å². The van der Waals surface area contributed by atoms with Crippen molar-refractivity contribution in [2.24, 2.45) is 5.73 Å². The van der Waals surface area contributed by atoms with Gasteiger partial charge in [-0.2, -0.15) is 0 Å². The van der Waals surface area contributed by atoms with Crippen molar-refractivity contribution in [1.82, 2.24) is 9.88 Å². The molecule has 0 aliphatic carbocycles. The zero-order chi connectivity index (χ0) is 20.9. The van der Waals surface area contributed by atoms with Gasteiger partial charge in [0.2, 0.25) is 11.8 Å². The second-order valence-electron chi connectivity index (χ2n) is 7.25. The van der Waals surface area contributed by atoms with Crippen molar-refractivity contribution in [1.29, 1.82) is 0 Å². The normalized spacial score (nSPS) is 16.3. The SMILES string of the molecule is NC(=O)c1ccc(-c2cccc([C@H]3CN(C(=O)Cc4ccccc4)CCO3)n2)cc1. The number of hydrogen-bond donors (Lipinski definition) is 1. The number of nitrogens with two attached hydrogens (primary N) is 1. The number of primary amides is 1. The number of rotatable bonds is 5.